The van der Waals surface area contributed by atoms with Crippen LogP contribution in [0.5, 0.6) is 0 Å². The topological polar surface area (TPSA) is 237 Å². The molecule has 0 saturated carbocycles. The van der Waals surface area contributed by atoms with Gasteiger partial charge in [0, 0.05) is 25.7 Å². The third-order valence-corrected chi connectivity index (χ3v) is 18.0. The third kappa shape index (κ3) is 64.6. The maximum absolute atomic E-state index is 13.0. The summed E-state index contributed by atoms with van der Waals surface area (Å²) in [6, 6.07) is 0. The van der Waals surface area contributed by atoms with Crippen molar-refractivity contribution in [3.63, 3.8) is 0 Å². The first-order valence-corrected chi connectivity index (χ1v) is 39.3. The predicted molar refractivity (Wildman–Crippen MR) is 358 cm³/mol. The molecule has 0 aromatic rings. The van der Waals surface area contributed by atoms with Gasteiger partial charge in [-0.3, -0.25) is 37.3 Å². The van der Waals surface area contributed by atoms with Gasteiger partial charge >= 0.3 is 39.5 Å². The minimum absolute atomic E-state index is 0.103. The molecule has 0 fully saturated rings. The minimum atomic E-state index is -4.95. The molecular weight excluding hydrogens is 1170 g/mol. The second kappa shape index (κ2) is 61.0. The van der Waals surface area contributed by atoms with Crippen molar-refractivity contribution in [1.82, 2.24) is 0 Å². The Bertz CT molecular complexity index is 1750. The van der Waals surface area contributed by atoms with Crippen LogP contribution in [0.25, 0.3) is 0 Å². The highest BCUT2D eigenvalue weighted by molar-refractivity contribution is 7.47. The lowest BCUT2D eigenvalue weighted by molar-refractivity contribution is -0.161. The first-order valence-electron chi connectivity index (χ1n) is 36.3. The van der Waals surface area contributed by atoms with Crippen LogP contribution in [-0.4, -0.2) is 96.7 Å². The number of carbonyl (C=O) groups is 4. The SMILES string of the molecule is CCCCCCCCCCC(=O)OC[C@H](COP(=O)(O)OC[C@H](O)COP(=O)(O)OC[C@@H](COC(=O)CCCCCCCCCCCC(C)C)OC(=O)CCCCCCCCCCCCCCCCCCC(C)C)OC(=O)CCCCCCCCCC(C)C. The zero-order valence-corrected chi connectivity index (χ0v) is 59.7. The van der Waals surface area contributed by atoms with E-state index < -0.39 is 97.5 Å². The first-order chi connectivity index (χ1) is 42.7. The maximum atomic E-state index is 13.0. The average Bonchev–Trinajstić information content (AvgIpc) is 3.66. The van der Waals surface area contributed by atoms with E-state index in [9.17, 15) is 43.2 Å². The molecule has 0 saturated heterocycles. The lowest BCUT2D eigenvalue weighted by atomic mass is 10.0. The van der Waals surface area contributed by atoms with E-state index in [1.807, 2.05) is 0 Å². The number of phosphoric acid groups is 2. The van der Waals surface area contributed by atoms with E-state index in [2.05, 4.69) is 48.5 Å². The minimum Gasteiger partial charge on any atom is -0.462 e. The summed E-state index contributed by atoms with van der Waals surface area (Å²) in [7, 11) is -9.90. The molecular formula is C70H136O17P2. The standard InChI is InChI=1S/C70H136O17P2/c1-8-9-10-11-12-30-37-44-51-67(72)80-57-66(87-70(75)54-47-40-33-26-29-36-43-50-63(6)7)60-85-89(78,79)83-56-64(71)55-82-88(76,77)84-59-65(58-81-68(73)52-45-38-31-25-21-23-28-35-42-49-62(4)5)86-69(74)53-46-39-32-24-20-18-16-14-13-15-17-19-22-27-34-41-48-61(2)3/h61-66,71H,8-60H2,1-7H3,(H,76,77)(H,78,79)/t64-,65-,66-/m1/s1. The van der Waals surface area contributed by atoms with Gasteiger partial charge in [0.25, 0.3) is 0 Å². The molecule has 528 valence electrons. The van der Waals surface area contributed by atoms with Gasteiger partial charge in [0.05, 0.1) is 26.4 Å². The molecule has 0 aliphatic heterocycles. The van der Waals surface area contributed by atoms with Gasteiger partial charge in [-0.1, -0.05) is 299 Å². The van der Waals surface area contributed by atoms with Crippen LogP contribution in [0, 0.1) is 17.8 Å². The van der Waals surface area contributed by atoms with Crippen molar-refractivity contribution in [3.8, 4) is 0 Å². The monoisotopic (exact) mass is 1310 g/mol. The molecule has 0 aromatic carbocycles. The maximum Gasteiger partial charge on any atom is 0.472 e. The number of ether oxygens (including phenoxy) is 4. The van der Waals surface area contributed by atoms with Gasteiger partial charge < -0.3 is 33.8 Å². The summed E-state index contributed by atoms with van der Waals surface area (Å²) in [5.41, 5.74) is 0. The highest BCUT2D eigenvalue weighted by Crippen LogP contribution is 2.45. The van der Waals surface area contributed by atoms with Crippen LogP contribution in [0.3, 0.4) is 0 Å². The lowest BCUT2D eigenvalue weighted by Crippen LogP contribution is -2.30. The Morgan fingerprint density at radius 3 is 0.764 bits per heavy atom. The Balaban J connectivity index is 5.19. The Labute approximate surface area is 543 Å². The highest BCUT2D eigenvalue weighted by Gasteiger charge is 2.30. The van der Waals surface area contributed by atoms with Crippen molar-refractivity contribution in [3.05, 3.63) is 0 Å². The number of hydrogen-bond donors (Lipinski definition) is 3. The molecule has 0 radical (unpaired) electrons. The normalized spacial score (nSPS) is 14.2. The smallest absolute Gasteiger partial charge is 0.462 e. The molecule has 5 atom stereocenters. The van der Waals surface area contributed by atoms with Crippen molar-refractivity contribution in [1.29, 1.82) is 0 Å². The molecule has 0 amide bonds. The van der Waals surface area contributed by atoms with Gasteiger partial charge in [0.15, 0.2) is 12.2 Å². The number of unbranched alkanes of at least 4 members (excludes halogenated alkanes) is 36. The number of esters is 4. The van der Waals surface area contributed by atoms with Crippen molar-refractivity contribution in [2.24, 2.45) is 17.8 Å². The van der Waals surface area contributed by atoms with Gasteiger partial charge in [0.2, 0.25) is 0 Å². The number of carbonyl (C=O) groups excluding carboxylic acids is 4. The zero-order chi connectivity index (χ0) is 65.9. The lowest BCUT2D eigenvalue weighted by Gasteiger charge is -2.21. The zero-order valence-electron chi connectivity index (χ0n) is 57.9. The largest absolute Gasteiger partial charge is 0.472 e. The molecule has 0 spiro atoms. The van der Waals surface area contributed by atoms with E-state index in [-0.39, 0.29) is 25.7 Å². The van der Waals surface area contributed by atoms with E-state index in [4.69, 9.17) is 37.0 Å². The second-order valence-corrected chi connectivity index (χ2v) is 29.6. The summed E-state index contributed by atoms with van der Waals surface area (Å²) in [4.78, 5) is 72.4. The molecule has 17 nitrogen and oxygen atoms in total. The van der Waals surface area contributed by atoms with E-state index in [1.165, 1.54) is 154 Å². The molecule has 0 aliphatic carbocycles. The second-order valence-electron chi connectivity index (χ2n) is 26.7. The number of phosphoric ester groups is 2. The molecule has 2 unspecified atom stereocenters. The summed E-state index contributed by atoms with van der Waals surface area (Å²) in [5, 5.41) is 10.6. The Kier molecular flexibility index (Phi) is 59.6. The Morgan fingerprint density at radius 2 is 0.517 bits per heavy atom. The summed E-state index contributed by atoms with van der Waals surface area (Å²) in [6.07, 6.45) is 44.7. The summed E-state index contributed by atoms with van der Waals surface area (Å²) in [5.74, 6) is 0.118. The van der Waals surface area contributed by atoms with Gasteiger partial charge in [-0.15, -0.1) is 0 Å². The van der Waals surface area contributed by atoms with Crippen LogP contribution in [0.2, 0.25) is 0 Å². The van der Waals surface area contributed by atoms with Crippen LogP contribution >= 0.6 is 15.6 Å². The van der Waals surface area contributed by atoms with Crippen molar-refractivity contribution < 1.29 is 80.2 Å². The van der Waals surface area contributed by atoms with E-state index in [0.717, 1.165) is 108 Å². The molecule has 0 heterocycles. The molecule has 0 aromatic heterocycles. The van der Waals surface area contributed by atoms with Gasteiger partial charge in [-0.2, -0.15) is 0 Å². The number of aliphatic hydroxyl groups excluding tert-OH is 1. The van der Waals surface area contributed by atoms with Crippen LogP contribution in [0.15, 0.2) is 0 Å². The Hall–Kier alpha value is -1.94. The predicted octanol–water partition coefficient (Wildman–Crippen LogP) is 19.8. The van der Waals surface area contributed by atoms with Crippen molar-refractivity contribution in [2.45, 2.75) is 369 Å². The van der Waals surface area contributed by atoms with Crippen LogP contribution in [0.1, 0.15) is 350 Å². The van der Waals surface area contributed by atoms with E-state index >= 15 is 0 Å². The fourth-order valence-corrected chi connectivity index (χ4v) is 12.1. The first kappa shape index (κ1) is 87.1. The number of hydrogen-bond acceptors (Lipinski definition) is 15. The molecule has 0 bridgehead atoms. The fraction of sp³-hybridized carbons (Fsp3) is 0.943. The van der Waals surface area contributed by atoms with Crippen LogP contribution in [-0.2, 0) is 65.4 Å². The molecule has 89 heavy (non-hydrogen) atoms. The summed E-state index contributed by atoms with van der Waals surface area (Å²) in [6.45, 7) is 11.8. The quantitative estimate of drug-likeness (QED) is 0.0222. The fourth-order valence-electron chi connectivity index (χ4n) is 10.5. The summed E-state index contributed by atoms with van der Waals surface area (Å²) < 4.78 is 68.2. The molecule has 0 aliphatic rings. The van der Waals surface area contributed by atoms with Gasteiger partial charge in [-0.25, -0.2) is 9.13 Å². The van der Waals surface area contributed by atoms with Crippen molar-refractivity contribution in [2.75, 3.05) is 39.6 Å². The van der Waals surface area contributed by atoms with E-state index in [1.54, 1.807) is 0 Å². The van der Waals surface area contributed by atoms with Gasteiger partial charge in [0.1, 0.15) is 19.3 Å². The Morgan fingerprint density at radius 1 is 0.303 bits per heavy atom. The van der Waals surface area contributed by atoms with Crippen molar-refractivity contribution >= 4 is 39.5 Å². The number of rotatable bonds is 68. The molecule has 19 heteroatoms. The van der Waals surface area contributed by atoms with Gasteiger partial charge in [-0.05, 0) is 43.4 Å². The molecule has 3 N–H and O–H groups in total. The third-order valence-electron chi connectivity index (χ3n) is 16.1. The average molecular weight is 1310 g/mol. The molecule has 0 rings (SSSR count). The summed E-state index contributed by atoms with van der Waals surface area (Å²) >= 11 is 0. The van der Waals surface area contributed by atoms with E-state index in [0.29, 0.717) is 31.6 Å². The number of aliphatic hydroxyl groups is 1. The highest BCUT2D eigenvalue weighted by atomic mass is 31.2. The van der Waals surface area contributed by atoms with Crippen LogP contribution in [0.4, 0.5) is 0 Å². The van der Waals surface area contributed by atoms with Crippen LogP contribution < -0.4 is 0 Å².